The van der Waals surface area contributed by atoms with Crippen LogP contribution < -0.4 is 26.0 Å². The molecule has 3 aromatic heterocycles. The van der Waals surface area contributed by atoms with Gasteiger partial charge in [0.2, 0.25) is 0 Å². The molecular formula is C37H39N9O3. The number of hydrogen-bond acceptors (Lipinski definition) is 6. The van der Waals surface area contributed by atoms with Gasteiger partial charge in [-0.25, -0.2) is 24.2 Å². The minimum absolute atomic E-state index is 0.353. The van der Waals surface area contributed by atoms with Gasteiger partial charge in [0.15, 0.2) is 0 Å². The average molecular weight is 658 g/mol. The lowest BCUT2D eigenvalue weighted by Crippen LogP contribution is -2.30. The third-order valence-electron chi connectivity index (χ3n) is 7.84. The van der Waals surface area contributed by atoms with Crippen molar-refractivity contribution in [2.24, 2.45) is 0 Å². The normalized spacial score (nSPS) is 10.9. The predicted octanol–water partition coefficient (Wildman–Crippen LogP) is 7.92. The van der Waals surface area contributed by atoms with E-state index in [1.165, 1.54) is 0 Å². The van der Waals surface area contributed by atoms with E-state index < -0.39 is 0 Å². The second kappa shape index (κ2) is 15.6. The van der Waals surface area contributed by atoms with Crippen LogP contribution in [0.3, 0.4) is 0 Å². The summed E-state index contributed by atoms with van der Waals surface area (Å²) in [6, 6.07) is 23.9. The summed E-state index contributed by atoms with van der Waals surface area (Å²) in [5.74, 6) is 2.02. The standard InChI is InChI=1S/C37H39N9O3/c1-3-4-8-27-23-35(46(44-27)28-13-11-26(2)12-14-28)43-37(48)41-32-15-16-33(31-10-6-5-9-30(31)32)49-29-17-19-39-34(24-29)42-36(47)40-18-7-21-45-22-20-38-25-45/h5-6,9-17,19-20,22-25H,3-4,7-8,18,21H2,1-2H3,(H2,41,43,48)(H2,39,40,42,47). The molecule has 0 saturated heterocycles. The lowest BCUT2D eigenvalue weighted by molar-refractivity contribution is 0.251. The van der Waals surface area contributed by atoms with E-state index >= 15 is 0 Å². The molecule has 0 bridgehead atoms. The average Bonchev–Trinajstić information content (AvgIpc) is 3.77. The van der Waals surface area contributed by atoms with Crippen LogP contribution in [0.5, 0.6) is 11.5 Å². The number of urea groups is 2. The number of carbonyl (C=O) groups excluding carboxylic acids is 2. The SMILES string of the molecule is CCCCc1cc(NC(=O)Nc2ccc(Oc3ccnc(NC(=O)NCCCn4ccnc4)c3)c3ccccc23)n(-c2ccc(C)cc2)n1. The highest BCUT2D eigenvalue weighted by molar-refractivity contribution is 6.07. The van der Waals surface area contributed by atoms with Crippen molar-refractivity contribution in [2.45, 2.75) is 46.1 Å². The Balaban J connectivity index is 1.12. The van der Waals surface area contributed by atoms with E-state index in [0.29, 0.717) is 35.4 Å². The zero-order chi connectivity index (χ0) is 34.0. The van der Waals surface area contributed by atoms with E-state index in [1.807, 2.05) is 72.3 Å². The summed E-state index contributed by atoms with van der Waals surface area (Å²) in [7, 11) is 0. The lowest BCUT2D eigenvalue weighted by Gasteiger charge is -2.15. The third-order valence-corrected chi connectivity index (χ3v) is 7.84. The molecule has 0 aliphatic carbocycles. The fourth-order valence-corrected chi connectivity index (χ4v) is 5.33. The Morgan fingerprint density at radius 2 is 1.69 bits per heavy atom. The number of imidazole rings is 1. The van der Waals surface area contributed by atoms with Gasteiger partial charge in [0.25, 0.3) is 0 Å². The topological polar surface area (TPSA) is 140 Å². The molecule has 6 rings (SSSR count). The molecule has 0 spiro atoms. The highest BCUT2D eigenvalue weighted by Gasteiger charge is 2.15. The van der Waals surface area contributed by atoms with Crippen LogP contribution in [0, 0.1) is 6.92 Å². The number of hydrogen-bond donors (Lipinski definition) is 4. The maximum Gasteiger partial charge on any atom is 0.324 e. The number of nitrogens with zero attached hydrogens (tertiary/aromatic N) is 5. The molecular weight excluding hydrogens is 618 g/mol. The summed E-state index contributed by atoms with van der Waals surface area (Å²) >= 11 is 0. The van der Waals surface area contributed by atoms with E-state index in [-0.39, 0.29) is 12.1 Å². The molecule has 49 heavy (non-hydrogen) atoms. The number of rotatable bonds is 13. The molecule has 0 atom stereocenters. The first-order valence-corrected chi connectivity index (χ1v) is 16.4. The second-order valence-corrected chi connectivity index (χ2v) is 11.6. The Bertz CT molecular complexity index is 2020. The maximum absolute atomic E-state index is 13.4. The minimum Gasteiger partial charge on any atom is -0.457 e. The minimum atomic E-state index is -0.390. The van der Waals surface area contributed by atoms with Crippen LogP contribution >= 0.6 is 0 Å². The van der Waals surface area contributed by atoms with Crippen molar-refractivity contribution in [3.8, 4) is 17.2 Å². The van der Waals surface area contributed by atoms with Crippen LogP contribution in [0.1, 0.15) is 37.4 Å². The molecule has 3 heterocycles. The van der Waals surface area contributed by atoms with Gasteiger partial charge in [-0.15, -0.1) is 0 Å². The summed E-state index contributed by atoms with van der Waals surface area (Å²) in [4.78, 5) is 34.1. The van der Waals surface area contributed by atoms with Gasteiger partial charge in [-0.3, -0.25) is 10.6 Å². The number of benzene rings is 3. The number of aryl methyl sites for hydroxylation is 3. The van der Waals surface area contributed by atoms with Gasteiger partial charge in [0, 0.05) is 54.6 Å². The smallest absolute Gasteiger partial charge is 0.324 e. The van der Waals surface area contributed by atoms with E-state index in [2.05, 4.69) is 38.2 Å². The van der Waals surface area contributed by atoms with Gasteiger partial charge < -0.3 is 19.9 Å². The van der Waals surface area contributed by atoms with Crippen molar-refractivity contribution in [2.75, 3.05) is 22.5 Å². The molecule has 0 unspecified atom stereocenters. The lowest BCUT2D eigenvalue weighted by atomic mass is 10.1. The van der Waals surface area contributed by atoms with Crippen molar-refractivity contribution in [1.82, 2.24) is 29.6 Å². The molecule has 0 saturated carbocycles. The van der Waals surface area contributed by atoms with Crippen LogP contribution in [0.2, 0.25) is 0 Å². The Morgan fingerprint density at radius 3 is 2.49 bits per heavy atom. The summed E-state index contributed by atoms with van der Waals surface area (Å²) in [6.45, 7) is 5.44. The first kappa shape index (κ1) is 32.8. The molecule has 250 valence electrons. The largest absolute Gasteiger partial charge is 0.457 e. The molecule has 12 heteroatoms. The monoisotopic (exact) mass is 657 g/mol. The zero-order valence-electron chi connectivity index (χ0n) is 27.5. The molecule has 0 aliphatic heterocycles. The van der Waals surface area contributed by atoms with Crippen molar-refractivity contribution < 1.29 is 14.3 Å². The fraction of sp³-hybridized carbons (Fsp3) is 0.216. The number of nitrogens with one attached hydrogen (secondary N) is 4. The highest BCUT2D eigenvalue weighted by Crippen LogP contribution is 2.35. The molecule has 0 radical (unpaired) electrons. The van der Waals surface area contributed by atoms with Gasteiger partial charge in [0.1, 0.15) is 23.1 Å². The third kappa shape index (κ3) is 8.60. The number of aromatic nitrogens is 5. The number of ether oxygens (including phenoxy) is 1. The van der Waals surface area contributed by atoms with Crippen molar-refractivity contribution in [3.05, 3.63) is 115 Å². The van der Waals surface area contributed by atoms with E-state index in [1.54, 1.807) is 47.7 Å². The van der Waals surface area contributed by atoms with Crippen LogP contribution in [-0.2, 0) is 13.0 Å². The first-order chi connectivity index (χ1) is 23.9. The van der Waals surface area contributed by atoms with Gasteiger partial charge in [-0.05, 0) is 56.5 Å². The maximum atomic E-state index is 13.4. The number of pyridine rings is 1. The molecule has 12 nitrogen and oxygen atoms in total. The van der Waals surface area contributed by atoms with Gasteiger partial charge in [-0.2, -0.15) is 5.10 Å². The fourth-order valence-electron chi connectivity index (χ4n) is 5.33. The van der Waals surface area contributed by atoms with Gasteiger partial charge in [0.05, 0.1) is 23.4 Å². The Kier molecular flexibility index (Phi) is 10.4. The molecule has 3 aromatic carbocycles. The molecule has 4 amide bonds. The van der Waals surface area contributed by atoms with Crippen molar-refractivity contribution in [1.29, 1.82) is 0 Å². The van der Waals surface area contributed by atoms with Crippen LogP contribution in [0.15, 0.2) is 104 Å². The number of carbonyl (C=O) groups is 2. The number of amides is 4. The Hall–Kier alpha value is -6.17. The van der Waals surface area contributed by atoms with E-state index in [9.17, 15) is 9.59 Å². The van der Waals surface area contributed by atoms with Gasteiger partial charge in [-0.1, -0.05) is 55.3 Å². The first-order valence-electron chi connectivity index (χ1n) is 16.4. The predicted molar refractivity (Wildman–Crippen MR) is 192 cm³/mol. The van der Waals surface area contributed by atoms with Gasteiger partial charge >= 0.3 is 12.1 Å². The molecule has 0 fully saturated rings. The molecule has 4 N–H and O–H groups in total. The zero-order valence-corrected chi connectivity index (χ0v) is 27.5. The van der Waals surface area contributed by atoms with E-state index in [0.717, 1.165) is 59.9 Å². The Labute approximate surface area is 284 Å². The summed E-state index contributed by atoms with van der Waals surface area (Å²) in [5, 5.41) is 18.0. The van der Waals surface area contributed by atoms with Crippen LogP contribution in [-0.4, -0.2) is 42.9 Å². The number of anilines is 3. The van der Waals surface area contributed by atoms with E-state index in [4.69, 9.17) is 9.84 Å². The molecule has 6 aromatic rings. The number of unbranched alkanes of at least 4 members (excludes halogenated alkanes) is 1. The summed E-state index contributed by atoms with van der Waals surface area (Å²) < 4.78 is 9.98. The summed E-state index contributed by atoms with van der Waals surface area (Å²) in [5.41, 5.74) is 3.55. The quantitative estimate of drug-likeness (QED) is 0.0931. The van der Waals surface area contributed by atoms with Crippen LogP contribution in [0.4, 0.5) is 26.9 Å². The second-order valence-electron chi connectivity index (χ2n) is 11.6. The van der Waals surface area contributed by atoms with Crippen molar-refractivity contribution >= 4 is 40.2 Å². The summed E-state index contributed by atoms with van der Waals surface area (Å²) in [6.07, 6.45) is 10.6. The Morgan fingerprint density at radius 1 is 0.857 bits per heavy atom. The highest BCUT2D eigenvalue weighted by atomic mass is 16.5. The van der Waals surface area contributed by atoms with Crippen molar-refractivity contribution in [3.63, 3.8) is 0 Å². The molecule has 0 aliphatic rings. The number of fused-ring (bicyclic) bond motifs is 1. The van der Waals surface area contributed by atoms with Crippen LogP contribution in [0.25, 0.3) is 16.5 Å².